The first-order valence-electron chi connectivity index (χ1n) is 13.1. The van der Waals surface area contributed by atoms with Gasteiger partial charge in [0.1, 0.15) is 17.9 Å². The molecule has 0 radical (unpaired) electrons. The zero-order chi connectivity index (χ0) is 28.3. The summed E-state index contributed by atoms with van der Waals surface area (Å²) in [6.45, 7) is 3.03. The van der Waals surface area contributed by atoms with Crippen LogP contribution in [0.1, 0.15) is 34.2 Å². The van der Waals surface area contributed by atoms with Crippen LogP contribution in [0.25, 0.3) is 11.0 Å². The minimum absolute atomic E-state index is 0.215. The number of para-hydroxylation sites is 1. The molecule has 1 aromatic heterocycles. The van der Waals surface area contributed by atoms with Gasteiger partial charge in [0.25, 0.3) is 5.91 Å². The van der Waals surface area contributed by atoms with E-state index in [9.17, 15) is 13.2 Å². The maximum Gasteiger partial charge on any atom is 0.290 e. The molecule has 10 heteroatoms. The molecule has 1 amide bonds. The third kappa shape index (κ3) is 6.02. The second-order valence-electron chi connectivity index (χ2n) is 9.67. The molecule has 1 N–H and O–H groups in total. The van der Waals surface area contributed by atoms with Crippen LogP contribution < -0.4 is 9.46 Å². The van der Waals surface area contributed by atoms with Crippen LogP contribution >= 0.6 is 11.6 Å². The normalized spacial score (nSPS) is 14.8. The first kappa shape index (κ1) is 28.2. The van der Waals surface area contributed by atoms with Crippen molar-refractivity contribution in [2.45, 2.75) is 37.2 Å². The van der Waals surface area contributed by atoms with Crippen molar-refractivity contribution >= 4 is 38.5 Å². The summed E-state index contributed by atoms with van der Waals surface area (Å²) in [7, 11) is -2.00. The van der Waals surface area contributed by atoms with E-state index >= 15 is 0 Å². The van der Waals surface area contributed by atoms with E-state index in [2.05, 4.69) is 4.72 Å². The number of hydrogen-bond acceptors (Lipinski definition) is 6. The summed E-state index contributed by atoms with van der Waals surface area (Å²) in [5.74, 6) is 0.576. The Labute approximate surface area is 238 Å². The smallest absolute Gasteiger partial charge is 0.290 e. The lowest BCUT2D eigenvalue weighted by atomic mass is 10.1. The molecule has 40 heavy (non-hydrogen) atoms. The molecule has 0 saturated heterocycles. The van der Waals surface area contributed by atoms with Crippen LogP contribution in [-0.4, -0.2) is 52.1 Å². The number of furan rings is 1. The van der Waals surface area contributed by atoms with Crippen LogP contribution in [0.15, 0.2) is 76.0 Å². The Hall–Kier alpha value is -3.37. The quantitative estimate of drug-likeness (QED) is 0.244. The Kier molecular flexibility index (Phi) is 8.46. The van der Waals surface area contributed by atoms with Crippen molar-refractivity contribution in [1.82, 2.24) is 9.62 Å². The van der Waals surface area contributed by atoms with E-state index in [1.54, 1.807) is 55.3 Å². The third-order valence-corrected chi connectivity index (χ3v) is 8.76. The van der Waals surface area contributed by atoms with Gasteiger partial charge in [-0.3, -0.25) is 4.79 Å². The molecule has 210 valence electrons. The van der Waals surface area contributed by atoms with Crippen LogP contribution in [0.5, 0.6) is 5.75 Å². The third-order valence-electron chi connectivity index (χ3n) is 6.98. The maximum absolute atomic E-state index is 14.1. The number of rotatable bonds is 11. The van der Waals surface area contributed by atoms with Gasteiger partial charge in [0, 0.05) is 35.7 Å². The molecule has 0 saturated carbocycles. The number of nitrogens with zero attached hydrogens (tertiary/aromatic N) is 1. The van der Waals surface area contributed by atoms with Gasteiger partial charge >= 0.3 is 0 Å². The summed E-state index contributed by atoms with van der Waals surface area (Å²) >= 11 is 6.37. The van der Waals surface area contributed by atoms with Gasteiger partial charge < -0.3 is 18.8 Å². The number of fused-ring (bicyclic) bond motifs is 2. The Balaban J connectivity index is 1.49. The molecule has 4 aromatic rings. The minimum atomic E-state index is -3.60. The van der Waals surface area contributed by atoms with E-state index in [1.807, 2.05) is 30.3 Å². The molecule has 0 aliphatic heterocycles. The van der Waals surface area contributed by atoms with Crippen molar-refractivity contribution in [3.63, 3.8) is 0 Å². The van der Waals surface area contributed by atoms with E-state index in [0.717, 1.165) is 22.1 Å². The van der Waals surface area contributed by atoms with Gasteiger partial charge in [-0.25, -0.2) is 13.1 Å². The molecule has 3 aromatic carbocycles. The van der Waals surface area contributed by atoms with E-state index in [4.69, 9.17) is 25.5 Å². The largest absolute Gasteiger partial charge is 0.491 e. The maximum atomic E-state index is 14.1. The molecule has 0 bridgehead atoms. The molecule has 1 atom stereocenters. The number of amides is 1. The van der Waals surface area contributed by atoms with Crippen molar-refractivity contribution in [3.8, 4) is 5.75 Å². The van der Waals surface area contributed by atoms with E-state index in [0.29, 0.717) is 49.0 Å². The van der Waals surface area contributed by atoms with E-state index in [-0.39, 0.29) is 29.1 Å². The highest BCUT2D eigenvalue weighted by molar-refractivity contribution is 7.89. The Morgan fingerprint density at radius 1 is 1.05 bits per heavy atom. The van der Waals surface area contributed by atoms with E-state index in [1.165, 1.54) is 0 Å². The van der Waals surface area contributed by atoms with Crippen LogP contribution in [0.3, 0.4) is 0 Å². The lowest BCUT2D eigenvalue weighted by molar-refractivity contribution is 0.0634. The summed E-state index contributed by atoms with van der Waals surface area (Å²) in [6, 6.07) is 19.5. The van der Waals surface area contributed by atoms with E-state index < -0.39 is 10.0 Å². The molecule has 1 unspecified atom stereocenters. The molecule has 8 nitrogen and oxygen atoms in total. The van der Waals surface area contributed by atoms with Crippen molar-refractivity contribution in [2.75, 3.05) is 26.9 Å². The SMILES string of the molecule is CCNS(=O)(=O)c1ccc2c(c1)CC(N(Cc1cc(Cl)ccc1OCCOC)C(=O)c1cc3ccccc3o1)C2. The molecular formula is C30H31ClN2O6S. The van der Waals surface area contributed by atoms with Gasteiger partial charge in [0.2, 0.25) is 10.0 Å². The predicted molar refractivity (Wildman–Crippen MR) is 153 cm³/mol. The van der Waals surface area contributed by atoms with Crippen LogP contribution in [0, 0.1) is 0 Å². The Morgan fingerprint density at radius 2 is 1.85 bits per heavy atom. The minimum Gasteiger partial charge on any atom is -0.491 e. The van der Waals surface area contributed by atoms with Gasteiger partial charge in [0.15, 0.2) is 5.76 Å². The fourth-order valence-electron chi connectivity index (χ4n) is 5.06. The zero-order valence-corrected chi connectivity index (χ0v) is 23.9. The molecule has 0 spiro atoms. The lowest BCUT2D eigenvalue weighted by Crippen LogP contribution is -2.40. The molecular weight excluding hydrogens is 552 g/mol. The summed E-state index contributed by atoms with van der Waals surface area (Å²) in [5, 5.41) is 1.36. The Bertz CT molecular complexity index is 1600. The van der Waals surface area contributed by atoms with Crippen LogP contribution in [0.2, 0.25) is 5.02 Å². The average molecular weight is 583 g/mol. The highest BCUT2D eigenvalue weighted by Crippen LogP contribution is 2.33. The average Bonchev–Trinajstić information content (AvgIpc) is 3.56. The fourth-order valence-corrected chi connectivity index (χ4v) is 6.34. The Morgan fingerprint density at radius 3 is 2.62 bits per heavy atom. The number of ether oxygens (including phenoxy) is 2. The van der Waals surface area contributed by atoms with Crippen molar-refractivity contribution in [2.24, 2.45) is 0 Å². The fraction of sp³-hybridized carbons (Fsp3) is 0.300. The van der Waals surface area contributed by atoms with Gasteiger partial charge in [-0.15, -0.1) is 0 Å². The summed E-state index contributed by atoms with van der Waals surface area (Å²) in [4.78, 5) is 16.0. The first-order valence-corrected chi connectivity index (χ1v) is 15.0. The zero-order valence-electron chi connectivity index (χ0n) is 22.4. The second kappa shape index (κ2) is 12.0. The molecule has 1 heterocycles. The number of sulfonamides is 1. The number of benzene rings is 3. The van der Waals surface area contributed by atoms with Crippen molar-refractivity contribution in [3.05, 3.63) is 94.2 Å². The van der Waals surface area contributed by atoms with Crippen molar-refractivity contribution in [1.29, 1.82) is 0 Å². The standard InChI is InChI=1S/C30H31ClN2O6S/c1-3-32-40(35,36)26-10-8-20-15-25(16-22(20)17-26)33(30(34)29-18-21-6-4-5-7-28(21)39-29)19-23-14-24(31)9-11-27(23)38-13-12-37-2/h4-11,14,17-18,25,32H,3,12-13,15-16,19H2,1-2H3. The molecule has 1 aliphatic rings. The number of nitrogens with one attached hydrogen (secondary N) is 1. The number of hydrogen-bond donors (Lipinski definition) is 1. The second-order valence-corrected chi connectivity index (χ2v) is 11.9. The number of halogens is 1. The summed E-state index contributed by atoms with van der Waals surface area (Å²) < 4.78 is 44.8. The highest BCUT2D eigenvalue weighted by atomic mass is 35.5. The summed E-state index contributed by atoms with van der Waals surface area (Å²) in [5.41, 5.74) is 3.28. The van der Waals surface area contributed by atoms with Gasteiger partial charge in [-0.2, -0.15) is 0 Å². The highest BCUT2D eigenvalue weighted by Gasteiger charge is 2.33. The van der Waals surface area contributed by atoms with Gasteiger partial charge in [0.05, 0.1) is 18.0 Å². The molecule has 0 fully saturated rings. The molecule has 5 rings (SSSR count). The van der Waals surface area contributed by atoms with Gasteiger partial charge in [-0.05, 0) is 66.4 Å². The summed E-state index contributed by atoms with van der Waals surface area (Å²) in [6.07, 6.45) is 1.07. The molecule has 1 aliphatic carbocycles. The van der Waals surface area contributed by atoms with Crippen molar-refractivity contribution < 1.29 is 27.1 Å². The monoisotopic (exact) mass is 582 g/mol. The number of carbonyl (C=O) groups excluding carboxylic acids is 1. The van der Waals surface area contributed by atoms with Gasteiger partial charge in [-0.1, -0.05) is 42.8 Å². The predicted octanol–water partition coefficient (Wildman–Crippen LogP) is 5.22. The number of carbonyl (C=O) groups is 1. The lowest BCUT2D eigenvalue weighted by Gasteiger charge is -2.29. The number of methoxy groups -OCH3 is 1. The van der Waals surface area contributed by atoms with Crippen LogP contribution in [0.4, 0.5) is 0 Å². The first-order chi connectivity index (χ1) is 19.3. The topological polar surface area (TPSA) is 98.1 Å². The van der Waals surface area contributed by atoms with Crippen LogP contribution in [-0.2, 0) is 34.1 Å².